The Morgan fingerprint density at radius 2 is 1.82 bits per heavy atom. The highest BCUT2D eigenvalue weighted by molar-refractivity contribution is 5.86. The first-order chi connectivity index (χ1) is 8.07. The van der Waals surface area contributed by atoms with E-state index in [2.05, 4.69) is 6.07 Å². The predicted octanol–water partition coefficient (Wildman–Crippen LogP) is 1.71. The van der Waals surface area contributed by atoms with Gasteiger partial charge in [-0.2, -0.15) is 5.26 Å². The van der Waals surface area contributed by atoms with Crippen molar-refractivity contribution in [1.29, 1.82) is 5.26 Å². The number of hydrogen-bond donors (Lipinski definition) is 0. The second-order valence-corrected chi connectivity index (χ2v) is 5.37. The van der Waals surface area contributed by atoms with Gasteiger partial charge in [0.05, 0.1) is 18.3 Å². The van der Waals surface area contributed by atoms with Gasteiger partial charge in [-0.15, -0.1) is 0 Å². The van der Waals surface area contributed by atoms with Crippen molar-refractivity contribution in [1.82, 2.24) is 4.90 Å². The molecule has 1 heterocycles. The number of rotatable bonds is 1. The molecule has 0 N–H and O–H groups in total. The standard InChI is InChI=1S/C13H20N2O2/c1-10-7-15(8-11(2)17-10)12(16)13(9-14)5-3-4-6-13/h10-11H,3-8H2,1-2H3/t10-,11-/m1/s1. The van der Waals surface area contributed by atoms with Crippen molar-refractivity contribution in [2.75, 3.05) is 13.1 Å². The van der Waals surface area contributed by atoms with Crippen molar-refractivity contribution in [2.24, 2.45) is 5.41 Å². The van der Waals surface area contributed by atoms with Crippen molar-refractivity contribution in [3.05, 3.63) is 0 Å². The minimum absolute atomic E-state index is 0.0273. The number of carbonyl (C=O) groups is 1. The van der Waals surface area contributed by atoms with Crippen LogP contribution in [-0.4, -0.2) is 36.1 Å². The minimum Gasteiger partial charge on any atom is -0.372 e. The van der Waals surface area contributed by atoms with Crippen LogP contribution in [0.5, 0.6) is 0 Å². The van der Waals surface area contributed by atoms with Gasteiger partial charge in [-0.3, -0.25) is 4.79 Å². The van der Waals surface area contributed by atoms with E-state index in [0.717, 1.165) is 25.7 Å². The predicted molar refractivity (Wildman–Crippen MR) is 63.1 cm³/mol. The normalized spacial score (nSPS) is 32.2. The Balaban J connectivity index is 2.11. The summed E-state index contributed by atoms with van der Waals surface area (Å²) in [7, 11) is 0. The van der Waals surface area contributed by atoms with Gasteiger partial charge < -0.3 is 9.64 Å². The Morgan fingerprint density at radius 3 is 2.29 bits per heavy atom. The van der Waals surface area contributed by atoms with Crippen molar-refractivity contribution < 1.29 is 9.53 Å². The SMILES string of the molecule is C[C@@H]1CN(C(=O)C2(C#N)CCCC2)C[C@@H](C)O1. The van der Waals surface area contributed by atoms with Crippen LogP contribution >= 0.6 is 0 Å². The van der Waals surface area contributed by atoms with Crippen LogP contribution in [0.15, 0.2) is 0 Å². The maximum Gasteiger partial charge on any atom is 0.243 e. The molecule has 0 spiro atoms. The first-order valence-electron chi connectivity index (χ1n) is 6.43. The van der Waals surface area contributed by atoms with E-state index in [9.17, 15) is 10.1 Å². The van der Waals surface area contributed by atoms with Gasteiger partial charge in [0.2, 0.25) is 5.91 Å². The molecular weight excluding hydrogens is 216 g/mol. The Morgan fingerprint density at radius 1 is 1.29 bits per heavy atom. The average Bonchev–Trinajstić information content (AvgIpc) is 2.76. The van der Waals surface area contributed by atoms with Crippen molar-refractivity contribution in [3.63, 3.8) is 0 Å². The Bertz CT molecular complexity index is 332. The summed E-state index contributed by atoms with van der Waals surface area (Å²) < 4.78 is 5.62. The van der Waals surface area contributed by atoms with Gasteiger partial charge in [-0.1, -0.05) is 12.8 Å². The maximum atomic E-state index is 12.5. The first kappa shape index (κ1) is 12.4. The highest BCUT2D eigenvalue weighted by atomic mass is 16.5. The van der Waals surface area contributed by atoms with Gasteiger partial charge in [0.15, 0.2) is 0 Å². The molecule has 2 atom stereocenters. The number of amides is 1. The van der Waals surface area contributed by atoms with Crippen LogP contribution in [0, 0.1) is 16.7 Å². The quantitative estimate of drug-likeness (QED) is 0.696. The molecular formula is C13H20N2O2. The number of carbonyl (C=O) groups excluding carboxylic acids is 1. The van der Waals surface area contributed by atoms with Crippen LogP contribution in [0.1, 0.15) is 39.5 Å². The molecule has 0 unspecified atom stereocenters. The lowest BCUT2D eigenvalue weighted by atomic mass is 9.86. The van der Waals surface area contributed by atoms with Crippen molar-refractivity contribution >= 4 is 5.91 Å². The lowest BCUT2D eigenvalue weighted by Crippen LogP contribution is -2.52. The molecule has 1 amide bonds. The molecule has 4 heteroatoms. The summed E-state index contributed by atoms with van der Waals surface area (Å²) in [5.74, 6) is 0.0273. The second kappa shape index (κ2) is 4.66. The third-order valence-corrected chi connectivity index (χ3v) is 3.79. The smallest absolute Gasteiger partial charge is 0.243 e. The van der Waals surface area contributed by atoms with E-state index >= 15 is 0 Å². The van der Waals surface area contributed by atoms with E-state index in [1.165, 1.54) is 0 Å². The highest BCUT2D eigenvalue weighted by Crippen LogP contribution is 2.39. The zero-order valence-electron chi connectivity index (χ0n) is 10.6. The summed E-state index contributed by atoms with van der Waals surface area (Å²) in [6.07, 6.45) is 3.58. The summed E-state index contributed by atoms with van der Waals surface area (Å²) in [6.45, 7) is 5.19. The minimum atomic E-state index is -0.739. The lowest BCUT2D eigenvalue weighted by Gasteiger charge is -2.38. The van der Waals surface area contributed by atoms with Gasteiger partial charge in [0.1, 0.15) is 5.41 Å². The van der Waals surface area contributed by atoms with Gasteiger partial charge in [-0.05, 0) is 26.7 Å². The van der Waals surface area contributed by atoms with E-state index in [1.807, 2.05) is 18.7 Å². The molecule has 0 aromatic carbocycles. The average molecular weight is 236 g/mol. The van der Waals surface area contributed by atoms with Gasteiger partial charge in [0.25, 0.3) is 0 Å². The molecule has 4 nitrogen and oxygen atoms in total. The van der Waals surface area contributed by atoms with Crippen LogP contribution in [0.2, 0.25) is 0 Å². The molecule has 2 fully saturated rings. The van der Waals surface area contributed by atoms with Crippen molar-refractivity contribution in [2.45, 2.75) is 51.7 Å². The molecule has 1 aliphatic carbocycles. The van der Waals surface area contributed by atoms with Crippen LogP contribution < -0.4 is 0 Å². The molecule has 17 heavy (non-hydrogen) atoms. The van der Waals surface area contributed by atoms with E-state index in [1.54, 1.807) is 0 Å². The van der Waals surface area contributed by atoms with Crippen LogP contribution in [-0.2, 0) is 9.53 Å². The number of ether oxygens (including phenoxy) is 1. The summed E-state index contributed by atoms with van der Waals surface area (Å²) in [4.78, 5) is 14.3. The second-order valence-electron chi connectivity index (χ2n) is 5.37. The number of nitriles is 1. The largest absolute Gasteiger partial charge is 0.372 e. The Hall–Kier alpha value is -1.08. The molecule has 1 saturated heterocycles. The fourth-order valence-corrected chi connectivity index (χ4v) is 3.00. The molecule has 1 aliphatic heterocycles. The summed E-state index contributed by atoms with van der Waals surface area (Å²) in [5.41, 5.74) is -0.739. The third kappa shape index (κ3) is 2.30. The molecule has 2 rings (SSSR count). The van der Waals surface area contributed by atoms with Gasteiger partial charge in [-0.25, -0.2) is 0 Å². The topological polar surface area (TPSA) is 53.3 Å². The van der Waals surface area contributed by atoms with E-state index in [4.69, 9.17) is 4.74 Å². The fraction of sp³-hybridized carbons (Fsp3) is 0.846. The zero-order chi connectivity index (χ0) is 12.5. The van der Waals surface area contributed by atoms with Crippen molar-refractivity contribution in [3.8, 4) is 6.07 Å². The zero-order valence-corrected chi connectivity index (χ0v) is 10.6. The van der Waals surface area contributed by atoms with E-state index in [0.29, 0.717) is 13.1 Å². The summed E-state index contributed by atoms with van der Waals surface area (Å²) in [5, 5.41) is 9.32. The molecule has 0 aromatic heterocycles. The monoisotopic (exact) mass is 236 g/mol. The Kier molecular flexibility index (Phi) is 3.39. The molecule has 94 valence electrons. The summed E-state index contributed by atoms with van der Waals surface area (Å²) in [6, 6.07) is 2.27. The Labute approximate surface area is 103 Å². The molecule has 0 radical (unpaired) electrons. The third-order valence-electron chi connectivity index (χ3n) is 3.79. The van der Waals surface area contributed by atoms with E-state index in [-0.39, 0.29) is 18.1 Å². The van der Waals surface area contributed by atoms with Crippen LogP contribution in [0.4, 0.5) is 0 Å². The van der Waals surface area contributed by atoms with Crippen LogP contribution in [0.3, 0.4) is 0 Å². The number of hydrogen-bond acceptors (Lipinski definition) is 3. The van der Waals surface area contributed by atoms with Gasteiger partial charge >= 0.3 is 0 Å². The molecule has 1 saturated carbocycles. The lowest BCUT2D eigenvalue weighted by molar-refractivity contribution is -0.150. The first-order valence-corrected chi connectivity index (χ1v) is 6.43. The highest BCUT2D eigenvalue weighted by Gasteiger charge is 2.45. The molecule has 0 bridgehead atoms. The maximum absolute atomic E-state index is 12.5. The van der Waals surface area contributed by atoms with E-state index < -0.39 is 5.41 Å². The van der Waals surface area contributed by atoms with Gasteiger partial charge in [0, 0.05) is 13.1 Å². The number of nitrogens with zero attached hydrogens (tertiary/aromatic N) is 2. The summed E-state index contributed by atoms with van der Waals surface area (Å²) >= 11 is 0. The van der Waals surface area contributed by atoms with Crippen LogP contribution in [0.25, 0.3) is 0 Å². The fourth-order valence-electron chi connectivity index (χ4n) is 3.00. The molecule has 0 aromatic rings. The molecule has 2 aliphatic rings. The number of morpholine rings is 1.